The normalized spacial score (nSPS) is 12.1. The first-order valence-corrected chi connectivity index (χ1v) is 7.49. The molecule has 0 aliphatic heterocycles. The molecule has 0 spiro atoms. The van der Waals surface area contributed by atoms with Crippen LogP contribution in [-0.4, -0.2) is 32.1 Å². The van der Waals surface area contributed by atoms with E-state index >= 15 is 0 Å². The first-order valence-electron chi connectivity index (χ1n) is 6.04. The summed E-state index contributed by atoms with van der Waals surface area (Å²) in [6, 6.07) is 3.61. The first kappa shape index (κ1) is 16.5. The predicted octanol–water partition coefficient (Wildman–Crippen LogP) is 2.68. The molecule has 0 radical (unpaired) electrons. The van der Waals surface area contributed by atoms with Gasteiger partial charge in [0, 0.05) is 16.2 Å². The number of likely N-dealkylation sites (N-methyl/N-ethyl adjacent to an activating group) is 1. The molecule has 19 heavy (non-hydrogen) atoms. The molecule has 6 heteroatoms. The van der Waals surface area contributed by atoms with Crippen molar-refractivity contribution in [1.82, 2.24) is 10.6 Å². The second-order valence-electron chi connectivity index (χ2n) is 4.14. The average molecular weight is 397 g/mol. The summed E-state index contributed by atoms with van der Waals surface area (Å²) < 4.78 is 6.07. The van der Waals surface area contributed by atoms with Gasteiger partial charge in [-0.15, -0.1) is 0 Å². The summed E-state index contributed by atoms with van der Waals surface area (Å²) in [4.78, 5) is 12.1. The summed E-state index contributed by atoms with van der Waals surface area (Å²) in [5.74, 6) is 0.349. The van der Waals surface area contributed by atoms with Crippen molar-refractivity contribution in [2.75, 3.05) is 20.2 Å². The highest BCUT2D eigenvalue weighted by Crippen LogP contribution is 2.28. The number of halogens is 2. The van der Waals surface area contributed by atoms with E-state index in [2.05, 4.69) is 33.2 Å². The van der Waals surface area contributed by atoms with Crippen molar-refractivity contribution in [2.24, 2.45) is 0 Å². The molecule has 0 aliphatic carbocycles. The number of hydrogen-bond donors (Lipinski definition) is 2. The average Bonchev–Trinajstić information content (AvgIpc) is 2.39. The number of carbonyl (C=O) groups is 1. The van der Waals surface area contributed by atoms with Crippen LogP contribution in [0.25, 0.3) is 0 Å². The largest absolute Gasteiger partial charge is 0.496 e. The molecule has 1 rings (SSSR count). The third-order valence-electron chi connectivity index (χ3n) is 2.61. The monoisotopic (exact) mass is 396 g/mol. The number of hydrogen-bond acceptors (Lipinski definition) is 3. The smallest absolute Gasteiger partial charge is 0.255 e. The van der Waals surface area contributed by atoms with E-state index in [-0.39, 0.29) is 11.9 Å². The molecule has 1 aromatic carbocycles. The van der Waals surface area contributed by atoms with Gasteiger partial charge in [0.25, 0.3) is 5.91 Å². The second-order valence-corrected chi connectivity index (χ2v) is 5.70. The van der Waals surface area contributed by atoms with Crippen LogP contribution in [0, 0.1) is 3.57 Å². The van der Waals surface area contributed by atoms with Gasteiger partial charge in [0.15, 0.2) is 0 Å². The van der Waals surface area contributed by atoms with Gasteiger partial charge >= 0.3 is 0 Å². The number of rotatable bonds is 6. The minimum atomic E-state index is -0.181. The molecular formula is C13H18ClIN2O2. The molecule has 1 aromatic rings. The lowest BCUT2D eigenvalue weighted by Crippen LogP contribution is -2.38. The van der Waals surface area contributed by atoms with Crippen LogP contribution in [0.3, 0.4) is 0 Å². The fourth-order valence-corrected chi connectivity index (χ4v) is 2.24. The molecule has 0 heterocycles. The van der Waals surface area contributed by atoms with Gasteiger partial charge in [0.1, 0.15) is 5.75 Å². The number of carbonyl (C=O) groups excluding carboxylic acids is 1. The van der Waals surface area contributed by atoms with Crippen molar-refractivity contribution < 1.29 is 9.53 Å². The van der Waals surface area contributed by atoms with Gasteiger partial charge in [-0.25, -0.2) is 0 Å². The Morgan fingerprint density at radius 3 is 2.79 bits per heavy atom. The van der Waals surface area contributed by atoms with Gasteiger partial charge in [0.2, 0.25) is 0 Å². The summed E-state index contributed by atoms with van der Waals surface area (Å²) >= 11 is 8.15. The van der Waals surface area contributed by atoms with Crippen molar-refractivity contribution in [2.45, 2.75) is 19.9 Å². The van der Waals surface area contributed by atoms with Gasteiger partial charge in [-0.3, -0.25) is 4.79 Å². The van der Waals surface area contributed by atoms with Crippen molar-refractivity contribution in [3.05, 3.63) is 26.3 Å². The van der Waals surface area contributed by atoms with Gasteiger partial charge in [-0.2, -0.15) is 0 Å². The zero-order valence-corrected chi connectivity index (χ0v) is 14.1. The standard InChI is InChI=1S/C13H18ClIN2O2/c1-4-16-8(2)7-17-13(18)9-5-10(14)11(15)6-12(9)19-3/h5-6,8,16H,4,7H2,1-3H3,(H,17,18)/t8-/m1/s1. The lowest BCUT2D eigenvalue weighted by Gasteiger charge is -2.15. The number of amides is 1. The Hall–Kier alpha value is -0.530. The fraction of sp³-hybridized carbons (Fsp3) is 0.462. The van der Waals surface area contributed by atoms with Crippen LogP contribution in [-0.2, 0) is 0 Å². The van der Waals surface area contributed by atoms with E-state index in [1.54, 1.807) is 12.1 Å². The van der Waals surface area contributed by atoms with Crippen LogP contribution >= 0.6 is 34.2 Å². The van der Waals surface area contributed by atoms with Gasteiger partial charge < -0.3 is 15.4 Å². The Bertz CT molecular complexity index is 455. The lowest BCUT2D eigenvalue weighted by molar-refractivity contribution is 0.0947. The van der Waals surface area contributed by atoms with Crippen LogP contribution < -0.4 is 15.4 Å². The maximum atomic E-state index is 12.1. The van der Waals surface area contributed by atoms with Gasteiger partial charge in [-0.05, 0) is 48.2 Å². The minimum Gasteiger partial charge on any atom is -0.496 e. The van der Waals surface area contributed by atoms with Crippen LogP contribution in [0.4, 0.5) is 0 Å². The van der Waals surface area contributed by atoms with E-state index < -0.39 is 0 Å². The Balaban J connectivity index is 2.79. The summed E-state index contributed by atoms with van der Waals surface area (Å²) in [6.45, 7) is 5.47. The first-order chi connectivity index (χ1) is 8.99. The molecular weight excluding hydrogens is 379 g/mol. The highest BCUT2D eigenvalue weighted by Gasteiger charge is 2.15. The molecule has 1 atom stereocenters. The molecule has 0 aromatic heterocycles. The molecule has 2 N–H and O–H groups in total. The van der Waals surface area contributed by atoms with E-state index in [0.717, 1.165) is 10.1 Å². The van der Waals surface area contributed by atoms with Gasteiger partial charge in [0.05, 0.1) is 17.7 Å². The SMILES string of the molecule is CCN[C@H](C)CNC(=O)c1cc(Cl)c(I)cc1OC. The molecule has 4 nitrogen and oxygen atoms in total. The third kappa shape index (κ3) is 4.81. The lowest BCUT2D eigenvalue weighted by atomic mass is 10.2. The highest BCUT2D eigenvalue weighted by atomic mass is 127. The molecule has 0 unspecified atom stereocenters. The third-order valence-corrected chi connectivity index (χ3v) is 4.13. The van der Waals surface area contributed by atoms with E-state index in [9.17, 15) is 4.79 Å². The maximum Gasteiger partial charge on any atom is 0.255 e. The molecule has 0 bridgehead atoms. The van der Waals surface area contributed by atoms with Crippen LogP contribution in [0.15, 0.2) is 12.1 Å². The van der Waals surface area contributed by atoms with E-state index in [1.165, 1.54) is 7.11 Å². The minimum absolute atomic E-state index is 0.181. The fourth-order valence-electron chi connectivity index (χ4n) is 1.64. The maximum absolute atomic E-state index is 12.1. The molecule has 0 fully saturated rings. The Kier molecular flexibility index (Phi) is 6.88. The molecule has 106 valence electrons. The Labute approximate surface area is 132 Å². The van der Waals surface area contributed by atoms with Crippen LogP contribution in [0.5, 0.6) is 5.75 Å². The number of nitrogens with one attached hydrogen (secondary N) is 2. The van der Waals surface area contributed by atoms with E-state index in [0.29, 0.717) is 22.9 Å². The van der Waals surface area contributed by atoms with Gasteiger partial charge in [-0.1, -0.05) is 18.5 Å². The zero-order valence-electron chi connectivity index (χ0n) is 11.2. The van der Waals surface area contributed by atoms with E-state index in [1.807, 2.05) is 13.8 Å². The summed E-state index contributed by atoms with van der Waals surface area (Å²) in [5, 5.41) is 6.64. The number of benzene rings is 1. The Morgan fingerprint density at radius 2 is 2.21 bits per heavy atom. The van der Waals surface area contributed by atoms with Crippen molar-refractivity contribution >= 4 is 40.1 Å². The van der Waals surface area contributed by atoms with Crippen LogP contribution in [0.2, 0.25) is 5.02 Å². The van der Waals surface area contributed by atoms with Crippen molar-refractivity contribution in [3.8, 4) is 5.75 Å². The highest BCUT2D eigenvalue weighted by molar-refractivity contribution is 14.1. The van der Waals surface area contributed by atoms with Crippen LogP contribution in [0.1, 0.15) is 24.2 Å². The quantitative estimate of drug-likeness (QED) is 0.727. The molecule has 1 amide bonds. The summed E-state index contributed by atoms with van der Waals surface area (Å²) in [6.07, 6.45) is 0. The number of methoxy groups -OCH3 is 1. The van der Waals surface area contributed by atoms with E-state index in [4.69, 9.17) is 16.3 Å². The number of ether oxygens (including phenoxy) is 1. The molecule has 0 saturated heterocycles. The van der Waals surface area contributed by atoms with Crippen molar-refractivity contribution in [3.63, 3.8) is 0 Å². The van der Waals surface area contributed by atoms with Crippen molar-refractivity contribution in [1.29, 1.82) is 0 Å². The molecule has 0 aliphatic rings. The summed E-state index contributed by atoms with van der Waals surface area (Å²) in [5.41, 5.74) is 0.455. The predicted molar refractivity (Wildman–Crippen MR) is 86.2 cm³/mol. The zero-order chi connectivity index (χ0) is 14.4. The second kappa shape index (κ2) is 7.91. The summed E-state index contributed by atoms with van der Waals surface area (Å²) in [7, 11) is 1.54. The molecule has 0 saturated carbocycles. The Morgan fingerprint density at radius 1 is 1.53 bits per heavy atom. The topological polar surface area (TPSA) is 50.4 Å².